The molecule has 1 aromatic rings. The van der Waals surface area contributed by atoms with Gasteiger partial charge in [0.25, 0.3) is 0 Å². The zero-order valence-electron chi connectivity index (χ0n) is 7.75. The summed E-state index contributed by atoms with van der Waals surface area (Å²) in [6.45, 7) is 2.78. The molecular formula is C8H11ClN4O. The van der Waals surface area contributed by atoms with Crippen molar-refractivity contribution in [2.24, 2.45) is 0 Å². The molecule has 0 aliphatic rings. The summed E-state index contributed by atoms with van der Waals surface area (Å²) in [4.78, 5) is 18.6. The quantitative estimate of drug-likeness (QED) is 0.737. The molecule has 0 radical (unpaired) electrons. The van der Waals surface area contributed by atoms with Crippen LogP contribution in [0.1, 0.15) is 12.6 Å². The van der Waals surface area contributed by atoms with E-state index in [9.17, 15) is 4.79 Å². The van der Waals surface area contributed by atoms with Gasteiger partial charge in [0.15, 0.2) is 0 Å². The maximum Gasteiger partial charge on any atom is 0.315 e. The van der Waals surface area contributed by atoms with E-state index in [1.54, 1.807) is 12.3 Å². The molecule has 0 fully saturated rings. The van der Waals surface area contributed by atoms with Crippen LogP contribution in [0.2, 0.25) is 5.28 Å². The normalized spacial score (nSPS) is 9.57. The highest BCUT2D eigenvalue weighted by molar-refractivity contribution is 6.28. The van der Waals surface area contributed by atoms with E-state index in [0.29, 0.717) is 18.8 Å². The number of hydrogen-bond acceptors (Lipinski definition) is 3. The standard InChI is InChI=1S/C8H11ClN4O/c1-2-10-8(14)12-5-6-3-4-11-7(9)13-6/h3-4H,2,5H2,1H3,(H2,10,12,14). The topological polar surface area (TPSA) is 66.9 Å². The smallest absolute Gasteiger partial charge is 0.315 e. The zero-order valence-corrected chi connectivity index (χ0v) is 8.51. The largest absolute Gasteiger partial charge is 0.338 e. The van der Waals surface area contributed by atoms with Crippen molar-refractivity contribution < 1.29 is 4.79 Å². The van der Waals surface area contributed by atoms with Gasteiger partial charge in [-0.2, -0.15) is 0 Å². The van der Waals surface area contributed by atoms with Crippen LogP contribution in [0, 0.1) is 0 Å². The van der Waals surface area contributed by atoms with Crippen LogP contribution in [0.25, 0.3) is 0 Å². The van der Waals surface area contributed by atoms with Crippen molar-refractivity contribution in [2.75, 3.05) is 6.54 Å². The lowest BCUT2D eigenvalue weighted by Crippen LogP contribution is -2.34. The van der Waals surface area contributed by atoms with Crippen molar-refractivity contribution in [3.05, 3.63) is 23.2 Å². The number of aromatic nitrogens is 2. The van der Waals surface area contributed by atoms with Crippen LogP contribution in [-0.2, 0) is 6.54 Å². The maximum absolute atomic E-state index is 11.0. The molecule has 2 N–H and O–H groups in total. The van der Waals surface area contributed by atoms with Gasteiger partial charge >= 0.3 is 6.03 Å². The van der Waals surface area contributed by atoms with Crippen LogP contribution < -0.4 is 10.6 Å². The fourth-order valence-corrected chi connectivity index (χ4v) is 1.03. The Labute approximate surface area is 86.9 Å². The minimum Gasteiger partial charge on any atom is -0.338 e. The highest BCUT2D eigenvalue weighted by atomic mass is 35.5. The SMILES string of the molecule is CCNC(=O)NCc1ccnc(Cl)n1. The van der Waals surface area contributed by atoms with E-state index in [1.165, 1.54) is 0 Å². The van der Waals surface area contributed by atoms with E-state index < -0.39 is 0 Å². The molecule has 5 nitrogen and oxygen atoms in total. The van der Waals surface area contributed by atoms with Gasteiger partial charge in [0.1, 0.15) is 0 Å². The van der Waals surface area contributed by atoms with Gasteiger partial charge in [-0.15, -0.1) is 0 Å². The molecule has 2 amide bonds. The number of nitrogens with zero attached hydrogens (tertiary/aromatic N) is 2. The predicted octanol–water partition coefficient (Wildman–Crippen LogP) is 0.949. The van der Waals surface area contributed by atoms with Gasteiger partial charge < -0.3 is 10.6 Å². The Hall–Kier alpha value is -1.36. The number of nitrogens with one attached hydrogen (secondary N) is 2. The van der Waals surface area contributed by atoms with Crippen molar-refractivity contribution >= 4 is 17.6 Å². The van der Waals surface area contributed by atoms with Gasteiger partial charge in [0, 0.05) is 12.7 Å². The summed E-state index contributed by atoms with van der Waals surface area (Å²) < 4.78 is 0. The Morgan fingerprint density at radius 2 is 2.36 bits per heavy atom. The number of carbonyl (C=O) groups excluding carboxylic acids is 1. The van der Waals surface area contributed by atoms with E-state index in [1.807, 2.05) is 6.92 Å². The third kappa shape index (κ3) is 3.57. The Morgan fingerprint density at radius 1 is 1.57 bits per heavy atom. The van der Waals surface area contributed by atoms with E-state index >= 15 is 0 Å². The van der Waals surface area contributed by atoms with Crippen molar-refractivity contribution in [2.45, 2.75) is 13.5 Å². The van der Waals surface area contributed by atoms with Crippen molar-refractivity contribution in [3.63, 3.8) is 0 Å². The van der Waals surface area contributed by atoms with Gasteiger partial charge in [-0.05, 0) is 24.6 Å². The number of hydrogen-bond donors (Lipinski definition) is 2. The highest BCUT2D eigenvalue weighted by Crippen LogP contribution is 1.99. The van der Waals surface area contributed by atoms with Gasteiger partial charge in [0.2, 0.25) is 5.28 Å². The van der Waals surface area contributed by atoms with E-state index in [0.717, 1.165) is 0 Å². The van der Waals surface area contributed by atoms with Gasteiger partial charge in [-0.3, -0.25) is 0 Å². The average molecular weight is 215 g/mol. The van der Waals surface area contributed by atoms with Gasteiger partial charge in [-0.1, -0.05) is 0 Å². The summed E-state index contributed by atoms with van der Waals surface area (Å²) in [7, 11) is 0. The monoisotopic (exact) mass is 214 g/mol. The molecule has 0 aromatic carbocycles. The van der Waals surface area contributed by atoms with Crippen LogP contribution in [-0.4, -0.2) is 22.5 Å². The molecular weight excluding hydrogens is 204 g/mol. The molecule has 14 heavy (non-hydrogen) atoms. The maximum atomic E-state index is 11.0. The van der Waals surface area contributed by atoms with Crippen molar-refractivity contribution in [1.29, 1.82) is 0 Å². The zero-order chi connectivity index (χ0) is 10.4. The molecule has 0 spiro atoms. The molecule has 0 saturated carbocycles. The second kappa shape index (κ2) is 5.39. The molecule has 1 rings (SSSR count). The minimum absolute atomic E-state index is 0.181. The molecule has 6 heteroatoms. The van der Waals surface area contributed by atoms with Gasteiger partial charge in [0.05, 0.1) is 12.2 Å². The number of halogens is 1. The minimum atomic E-state index is -0.220. The van der Waals surface area contributed by atoms with Crippen LogP contribution in [0.5, 0.6) is 0 Å². The van der Waals surface area contributed by atoms with Crippen molar-refractivity contribution in [3.8, 4) is 0 Å². The van der Waals surface area contributed by atoms with Crippen molar-refractivity contribution in [1.82, 2.24) is 20.6 Å². The Morgan fingerprint density at radius 3 is 3.00 bits per heavy atom. The molecule has 0 aliphatic heterocycles. The lowest BCUT2D eigenvalue weighted by atomic mass is 10.4. The van der Waals surface area contributed by atoms with Crippen LogP contribution in [0.4, 0.5) is 4.79 Å². The summed E-state index contributed by atoms with van der Waals surface area (Å²) >= 11 is 5.57. The van der Waals surface area contributed by atoms with Gasteiger partial charge in [-0.25, -0.2) is 14.8 Å². The second-order valence-corrected chi connectivity index (χ2v) is 2.87. The Kier molecular flexibility index (Phi) is 4.12. The Bertz CT molecular complexity index is 318. The van der Waals surface area contributed by atoms with E-state index in [4.69, 9.17) is 11.6 Å². The molecule has 0 aliphatic carbocycles. The fraction of sp³-hybridized carbons (Fsp3) is 0.375. The molecule has 1 aromatic heterocycles. The molecule has 1 heterocycles. The highest BCUT2D eigenvalue weighted by Gasteiger charge is 1.99. The first-order valence-electron chi connectivity index (χ1n) is 4.21. The Balaban J connectivity index is 2.41. The summed E-state index contributed by atoms with van der Waals surface area (Å²) in [6, 6.07) is 1.47. The summed E-state index contributed by atoms with van der Waals surface area (Å²) in [6.07, 6.45) is 1.55. The number of rotatable bonds is 3. The molecule has 0 atom stereocenters. The first-order chi connectivity index (χ1) is 6.72. The van der Waals surface area contributed by atoms with E-state index in [2.05, 4.69) is 20.6 Å². The molecule has 0 saturated heterocycles. The second-order valence-electron chi connectivity index (χ2n) is 2.53. The van der Waals surface area contributed by atoms with E-state index in [-0.39, 0.29) is 11.3 Å². The first-order valence-corrected chi connectivity index (χ1v) is 4.59. The third-order valence-electron chi connectivity index (χ3n) is 1.45. The molecule has 76 valence electrons. The predicted molar refractivity (Wildman–Crippen MR) is 53.0 cm³/mol. The third-order valence-corrected chi connectivity index (χ3v) is 1.63. The lowest BCUT2D eigenvalue weighted by molar-refractivity contribution is 0.241. The molecule has 0 bridgehead atoms. The number of amides is 2. The van der Waals surface area contributed by atoms with Crippen LogP contribution >= 0.6 is 11.6 Å². The number of carbonyl (C=O) groups is 1. The summed E-state index contributed by atoms with van der Waals surface area (Å²) in [5, 5.41) is 5.41. The average Bonchev–Trinajstić information content (AvgIpc) is 2.15. The molecule has 0 unspecified atom stereocenters. The fourth-order valence-electron chi connectivity index (χ4n) is 0.862. The summed E-state index contributed by atoms with van der Waals surface area (Å²) in [5.41, 5.74) is 0.677. The first kappa shape index (κ1) is 10.7. The van der Waals surface area contributed by atoms with Crippen LogP contribution in [0.15, 0.2) is 12.3 Å². The summed E-state index contributed by atoms with van der Waals surface area (Å²) in [5.74, 6) is 0. The lowest BCUT2D eigenvalue weighted by Gasteiger charge is -2.04. The number of urea groups is 1. The van der Waals surface area contributed by atoms with Crippen LogP contribution in [0.3, 0.4) is 0 Å².